The molecule has 0 spiro atoms. The van der Waals surface area contributed by atoms with E-state index in [1.807, 2.05) is 25.1 Å². The van der Waals surface area contributed by atoms with E-state index in [1.165, 1.54) is 0 Å². The topological polar surface area (TPSA) is 61.4 Å². The first-order chi connectivity index (χ1) is 9.16. The molecule has 1 aliphatic rings. The molecule has 0 radical (unpaired) electrons. The van der Waals surface area contributed by atoms with Gasteiger partial charge in [-0.2, -0.15) is 0 Å². The second-order valence-corrected chi connectivity index (χ2v) is 4.68. The van der Waals surface area contributed by atoms with Crippen molar-refractivity contribution in [2.45, 2.75) is 6.92 Å². The van der Waals surface area contributed by atoms with Crippen molar-refractivity contribution in [2.24, 2.45) is 0 Å². The van der Waals surface area contributed by atoms with Crippen molar-refractivity contribution < 1.29 is 9.59 Å². The first kappa shape index (κ1) is 13.5. The predicted octanol–water partition coefficient (Wildman–Crippen LogP) is 0.157. The van der Waals surface area contributed by atoms with Crippen LogP contribution in [-0.4, -0.2) is 49.4 Å². The number of hydrogen-bond donors (Lipinski definition) is 2. The van der Waals surface area contributed by atoms with Crippen LogP contribution in [0.15, 0.2) is 24.3 Å². The molecule has 2 N–H and O–H groups in total. The average molecular weight is 261 g/mol. The molecule has 19 heavy (non-hydrogen) atoms. The summed E-state index contributed by atoms with van der Waals surface area (Å²) < 4.78 is 0. The molecule has 5 nitrogen and oxygen atoms in total. The number of piperazine rings is 1. The lowest BCUT2D eigenvalue weighted by Gasteiger charge is -2.27. The van der Waals surface area contributed by atoms with E-state index in [0.717, 1.165) is 18.7 Å². The van der Waals surface area contributed by atoms with Crippen LogP contribution in [0, 0.1) is 6.92 Å². The van der Waals surface area contributed by atoms with E-state index >= 15 is 0 Å². The lowest BCUT2D eigenvalue weighted by molar-refractivity contribution is -0.130. The lowest BCUT2D eigenvalue weighted by atomic mass is 10.1. The highest BCUT2D eigenvalue weighted by Crippen LogP contribution is 2.03. The van der Waals surface area contributed by atoms with E-state index in [-0.39, 0.29) is 18.4 Å². The Balaban J connectivity index is 1.84. The molecule has 0 aliphatic carbocycles. The van der Waals surface area contributed by atoms with Gasteiger partial charge in [0.1, 0.15) is 0 Å². The summed E-state index contributed by atoms with van der Waals surface area (Å²) in [6, 6.07) is 7.33. The molecule has 102 valence electrons. The minimum absolute atomic E-state index is 0.0255. The average Bonchev–Trinajstić information content (AvgIpc) is 2.45. The van der Waals surface area contributed by atoms with Gasteiger partial charge in [0.05, 0.1) is 6.54 Å². The maximum Gasteiger partial charge on any atom is 0.251 e. The highest BCUT2D eigenvalue weighted by molar-refractivity contribution is 5.96. The molecule has 1 heterocycles. The molecule has 2 amide bonds. The standard InChI is InChI=1S/C14H19N3O2/c1-11-3-2-4-12(9-11)14(19)16-10-13(18)17-7-5-15-6-8-17/h2-4,9,15H,5-8,10H2,1H3,(H,16,19). The molecule has 2 rings (SSSR count). The Morgan fingerprint density at radius 3 is 2.74 bits per heavy atom. The van der Waals surface area contributed by atoms with Crippen LogP contribution in [0.3, 0.4) is 0 Å². The van der Waals surface area contributed by atoms with Gasteiger partial charge < -0.3 is 15.5 Å². The number of benzene rings is 1. The largest absolute Gasteiger partial charge is 0.343 e. The summed E-state index contributed by atoms with van der Waals surface area (Å²) in [5.74, 6) is -0.227. The van der Waals surface area contributed by atoms with Crippen molar-refractivity contribution in [1.82, 2.24) is 15.5 Å². The Kier molecular flexibility index (Phi) is 4.52. The summed E-state index contributed by atoms with van der Waals surface area (Å²) >= 11 is 0. The van der Waals surface area contributed by atoms with Gasteiger partial charge in [-0.1, -0.05) is 17.7 Å². The number of amides is 2. The van der Waals surface area contributed by atoms with E-state index in [4.69, 9.17) is 0 Å². The fourth-order valence-electron chi connectivity index (χ4n) is 2.07. The van der Waals surface area contributed by atoms with Crippen LogP contribution in [0.2, 0.25) is 0 Å². The van der Waals surface area contributed by atoms with Crippen LogP contribution in [-0.2, 0) is 4.79 Å². The third-order valence-electron chi connectivity index (χ3n) is 3.15. The Bertz CT molecular complexity index is 468. The molecule has 1 saturated heterocycles. The molecule has 0 aromatic heterocycles. The molecule has 0 bridgehead atoms. The zero-order chi connectivity index (χ0) is 13.7. The summed E-state index contributed by atoms with van der Waals surface area (Å²) in [4.78, 5) is 25.5. The van der Waals surface area contributed by atoms with Gasteiger partial charge in [-0.3, -0.25) is 9.59 Å². The quantitative estimate of drug-likeness (QED) is 0.814. The highest BCUT2D eigenvalue weighted by atomic mass is 16.2. The number of carbonyl (C=O) groups is 2. The molecular weight excluding hydrogens is 242 g/mol. The monoisotopic (exact) mass is 261 g/mol. The molecule has 5 heteroatoms. The lowest BCUT2D eigenvalue weighted by Crippen LogP contribution is -2.49. The molecule has 0 saturated carbocycles. The summed E-state index contributed by atoms with van der Waals surface area (Å²) in [6.07, 6.45) is 0. The fraction of sp³-hybridized carbons (Fsp3) is 0.429. The summed E-state index contributed by atoms with van der Waals surface area (Å²) in [5.41, 5.74) is 1.62. The third-order valence-corrected chi connectivity index (χ3v) is 3.15. The Hall–Kier alpha value is -1.88. The van der Waals surface area contributed by atoms with Crippen LogP contribution in [0.1, 0.15) is 15.9 Å². The van der Waals surface area contributed by atoms with E-state index in [9.17, 15) is 9.59 Å². The van der Waals surface area contributed by atoms with Gasteiger partial charge >= 0.3 is 0 Å². The van der Waals surface area contributed by atoms with E-state index < -0.39 is 0 Å². The minimum atomic E-state index is -0.202. The van der Waals surface area contributed by atoms with Gasteiger partial charge in [0.25, 0.3) is 5.91 Å². The second kappa shape index (κ2) is 6.33. The number of hydrogen-bond acceptors (Lipinski definition) is 3. The van der Waals surface area contributed by atoms with Gasteiger partial charge in [0.15, 0.2) is 0 Å². The number of nitrogens with zero attached hydrogens (tertiary/aromatic N) is 1. The molecule has 0 atom stereocenters. The van der Waals surface area contributed by atoms with Crippen molar-refractivity contribution in [3.05, 3.63) is 35.4 Å². The van der Waals surface area contributed by atoms with E-state index in [0.29, 0.717) is 18.7 Å². The van der Waals surface area contributed by atoms with E-state index in [1.54, 1.807) is 11.0 Å². The summed E-state index contributed by atoms with van der Waals surface area (Å²) in [6.45, 7) is 5.04. The van der Waals surface area contributed by atoms with Crippen molar-refractivity contribution in [2.75, 3.05) is 32.7 Å². The van der Waals surface area contributed by atoms with Gasteiger partial charge in [0.2, 0.25) is 5.91 Å². The molecule has 1 aromatic carbocycles. The SMILES string of the molecule is Cc1cccc(C(=O)NCC(=O)N2CCNCC2)c1. The summed E-state index contributed by atoms with van der Waals surface area (Å²) in [7, 11) is 0. The van der Waals surface area contributed by atoms with Crippen LogP contribution in [0.25, 0.3) is 0 Å². The smallest absolute Gasteiger partial charge is 0.251 e. The van der Waals surface area contributed by atoms with E-state index in [2.05, 4.69) is 10.6 Å². The Morgan fingerprint density at radius 2 is 2.05 bits per heavy atom. The van der Waals surface area contributed by atoms with Crippen molar-refractivity contribution in [3.63, 3.8) is 0 Å². The molecule has 0 unspecified atom stereocenters. The minimum Gasteiger partial charge on any atom is -0.343 e. The number of nitrogens with one attached hydrogen (secondary N) is 2. The first-order valence-corrected chi connectivity index (χ1v) is 6.50. The number of carbonyl (C=O) groups excluding carboxylic acids is 2. The molecule has 1 aliphatic heterocycles. The molecule has 1 aromatic rings. The maximum atomic E-state index is 11.9. The van der Waals surface area contributed by atoms with Gasteiger partial charge in [-0.25, -0.2) is 0 Å². The first-order valence-electron chi connectivity index (χ1n) is 6.50. The molecular formula is C14H19N3O2. The normalized spacial score (nSPS) is 15.1. The number of aryl methyl sites for hydroxylation is 1. The maximum absolute atomic E-state index is 11.9. The van der Waals surface area contributed by atoms with Crippen LogP contribution in [0.5, 0.6) is 0 Å². The van der Waals surface area contributed by atoms with Crippen molar-refractivity contribution >= 4 is 11.8 Å². The van der Waals surface area contributed by atoms with Gasteiger partial charge in [-0.05, 0) is 19.1 Å². The molecule has 1 fully saturated rings. The Labute approximate surface area is 113 Å². The summed E-state index contributed by atoms with van der Waals surface area (Å²) in [5, 5.41) is 5.86. The zero-order valence-corrected chi connectivity index (χ0v) is 11.1. The fourth-order valence-corrected chi connectivity index (χ4v) is 2.07. The second-order valence-electron chi connectivity index (χ2n) is 4.68. The van der Waals surface area contributed by atoms with Gasteiger partial charge in [0, 0.05) is 31.7 Å². The van der Waals surface area contributed by atoms with Crippen LogP contribution < -0.4 is 10.6 Å². The van der Waals surface area contributed by atoms with Crippen molar-refractivity contribution in [1.29, 1.82) is 0 Å². The van der Waals surface area contributed by atoms with Crippen LogP contribution in [0.4, 0.5) is 0 Å². The number of rotatable bonds is 3. The predicted molar refractivity (Wildman–Crippen MR) is 73.0 cm³/mol. The van der Waals surface area contributed by atoms with Gasteiger partial charge in [-0.15, -0.1) is 0 Å². The zero-order valence-electron chi connectivity index (χ0n) is 11.1. The highest BCUT2D eigenvalue weighted by Gasteiger charge is 2.16. The third kappa shape index (κ3) is 3.79. The van der Waals surface area contributed by atoms with Crippen molar-refractivity contribution in [3.8, 4) is 0 Å². The van der Waals surface area contributed by atoms with Crippen LogP contribution >= 0.6 is 0 Å². The Morgan fingerprint density at radius 1 is 1.32 bits per heavy atom.